The summed E-state index contributed by atoms with van der Waals surface area (Å²) in [5.74, 6) is 0.266. The molecule has 0 amide bonds. The number of rotatable bonds is 4. The Balaban J connectivity index is 1.96. The molecule has 0 fully saturated rings. The first-order valence-electron chi connectivity index (χ1n) is 6.26. The zero-order valence-corrected chi connectivity index (χ0v) is 10.9. The highest BCUT2D eigenvalue weighted by atomic mass is 16.1. The molecule has 0 aliphatic heterocycles. The van der Waals surface area contributed by atoms with Crippen LogP contribution in [-0.4, -0.2) is 5.78 Å². The molecule has 1 heteroatoms. The molecule has 2 rings (SSSR count). The van der Waals surface area contributed by atoms with Gasteiger partial charge in [-0.1, -0.05) is 59.7 Å². The van der Waals surface area contributed by atoms with Crippen LogP contribution < -0.4 is 0 Å². The fourth-order valence-corrected chi connectivity index (χ4v) is 1.93. The van der Waals surface area contributed by atoms with Crippen LogP contribution >= 0.6 is 0 Å². The number of carbonyl (C=O) groups is 1. The molecule has 0 atom stereocenters. The highest BCUT2D eigenvalue weighted by molar-refractivity contribution is 5.83. The van der Waals surface area contributed by atoms with E-state index in [-0.39, 0.29) is 5.78 Å². The average Bonchev–Trinajstić information content (AvgIpc) is 2.35. The summed E-state index contributed by atoms with van der Waals surface area (Å²) in [5.41, 5.74) is 4.64. The average molecular weight is 238 g/mol. The lowest BCUT2D eigenvalue weighted by Crippen LogP contribution is -2.06. The first kappa shape index (κ1) is 12.6. The highest BCUT2D eigenvalue weighted by Crippen LogP contribution is 2.08. The molecule has 0 unspecified atom stereocenters. The SMILES string of the molecule is Cc1ccc(CC(=O)Cc2ccc(C)cc2)cc1. The molecule has 0 aliphatic rings. The topological polar surface area (TPSA) is 17.1 Å². The lowest BCUT2D eigenvalue weighted by molar-refractivity contribution is -0.117. The zero-order valence-electron chi connectivity index (χ0n) is 10.9. The summed E-state index contributed by atoms with van der Waals surface area (Å²) in [6, 6.07) is 16.3. The van der Waals surface area contributed by atoms with E-state index in [4.69, 9.17) is 0 Å². The standard InChI is InChI=1S/C17H18O/c1-13-3-7-15(8-4-13)11-17(18)12-16-9-5-14(2)6-10-16/h3-10H,11-12H2,1-2H3. The van der Waals surface area contributed by atoms with Gasteiger partial charge in [-0.3, -0.25) is 4.79 Å². The van der Waals surface area contributed by atoms with E-state index in [9.17, 15) is 4.79 Å². The number of hydrogen-bond donors (Lipinski definition) is 0. The minimum Gasteiger partial charge on any atom is -0.299 e. The van der Waals surface area contributed by atoms with Crippen LogP contribution in [0, 0.1) is 13.8 Å². The maximum absolute atomic E-state index is 12.0. The van der Waals surface area contributed by atoms with Crippen LogP contribution in [-0.2, 0) is 17.6 Å². The van der Waals surface area contributed by atoms with E-state index in [1.54, 1.807) is 0 Å². The fourth-order valence-electron chi connectivity index (χ4n) is 1.93. The van der Waals surface area contributed by atoms with Gasteiger partial charge >= 0.3 is 0 Å². The van der Waals surface area contributed by atoms with Gasteiger partial charge in [-0.15, -0.1) is 0 Å². The Kier molecular flexibility index (Phi) is 3.93. The van der Waals surface area contributed by atoms with Gasteiger partial charge in [0, 0.05) is 12.8 Å². The Bertz CT molecular complexity index is 471. The normalized spacial score (nSPS) is 10.3. The molecule has 0 saturated heterocycles. The van der Waals surface area contributed by atoms with Gasteiger partial charge in [0.05, 0.1) is 0 Å². The maximum atomic E-state index is 12.0. The first-order valence-corrected chi connectivity index (χ1v) is 6.26. The van der Waals surface area contributed by atoms with Crippen molar-refractivity contribution in [2.75, 3.05) is 0 Å². The first-order chi connectivity index (χ1) is 8.63. The monoisotopic (exact) mass is 238 g/mol. The van der Waals surface area contributed by atoms with E-state index in [0.717, 1.165) is 11.1 Å². The second kappa shape index (κ2) is 5.63. The Morgan fingerprint density at radius 1 is 0.722 bits per heavy atom. The molecule has 0 aliphatic carbocycles. The highest BCUT2D eigenvalue weighted by Gasteiger charge is 2.05. The smallest absolute Gasteiger partial charge is 0.141 e. The number of aryl methyl sites for hydroxylation is 2. The predicted octanol–water partition coefficient (Wildman–Crippen LogP) is 3.66. The summed E-state index contributed by atoms with van der Waals surface area (Å²) in [4.78, 5) is 12.0. The van der Waals surface area contributed by atoms with Crippen LogP contribution in [0.3, 0.4) is 0 Å². The predicted molar refractivity (Wildman–Crippen MR) is 74.8 cm³/mol. The van der Waals surface area contributed by atoms with Crippen LogP contribution in [0.2, 0.25) is 0 Å². The minimum atomic E-state index is 0.266. The van der Waals surface area contributed by atoms with Crippen molar-refractivity contribution in [3.05, 3.63) is 70.8 Å². The molecule has 0 N–H and O–H groups in total. The van der Waals surface area contributed by atoms with Crippen LogP contribution in [0.4, 0.5) is 0 Å². The lowest BCUT2D eigenvalue weighted by Gasteiger charge is -2.03. The van der Waals surface area contributed by atoms with Crippen molar-refractivity contribution >= 4 is 5.78 Å². The molecule has 0 bridgehead atoms. The van der Waals surface area contributed by atoms with E-state index in [1.807, 2.05) is 24.3 Å². The van der Waals surface area contributed by atoms with Gasteiger partial charge < -0.3 is 0 Å². The molecule has 0 aromatic heterocycles. The summed E-state index contributed by atoms with van der Waals surface area (Å²) in [5, 5.41) is 0. The van der Waals surface area contributed by atoms with Crippen LogP contribution in [0.15, 0.2) is 48.5 Å². The molecular weight excluding hydrogens is 220 g/mol. The molecular formula is C17H18O. The van der Waals surface area contributed by atoms with Gasteiger partial charge in [0.1, 0.15) is 5.78 Å². The van der Waals surface area contributed by atoms with E-state index in [0.29, 0.717) is 12.8 Å². The van der Waals surface area contributed by atoms with Crippen molar-refractivity contribution in [1.82, 2.24) is 0 Å². The Morgan fingerprint density at radius 3 is 1.39 bits per heavy atom. The molecule has 0 heterocycles. The van der Waals surface area contributed by atoms with E-state index < -0.39 is 0 Å². The van der Waals surface area contributed by atoms with Crippen LogP contribution in [0.5, 0.6) is 0 Å². The number of carbonyl (C=O) groups excluding carboxylic acids is 1. The molecule has 1 nitrogen and oxygen atoms in total. The molecule has 18 heavy (non-hydrogen) atoms. The Labute approximate surface area is 108 Å². The third kappa shape index (κ3) is 3.56. The van der Waals surface area contributed by atoms with Crippen molar-refractivity contribution in [1.29, 1.82) is 0 Å². The third-order valence-electron chi connectivity index (χ3n) is 3.04. The summed E-state index contributed by atoms with van der Waals surface area (Å²) < 4.78 is 0. The molecule has 2 aromatic carbocycles. The number of hydrogen-bond acceptors (Lipinski definition) is 1. The van der Waals surface area contributed by atoms with Gasteiger partial charge in [0.15, 0.2) is 0 Å². The second-order valence-electron chi connectivity index (χ2n) is 4.86. The summed E-state index contributed by atoms with van der Waals surface area (Å²) in [7, 11) is 0. The number of benzene rings is 2. The van der Waals surface area contributed by atoms with E-state index in [2.05, 4.69) is 38.1 Å². The third-order valence-corrected chi connectivity index (χ3v) is 3.04. The summed E-state index contributed by atoms with van der Waals surface area (Å²) in [6.07, 6.45) is 1.04. The maximum Gasteiger partial charge on any atom is 0.141 e. The number of ketones is 1. The van der Waals surface area contributed by atoms with Gasteiger partial charge in [-0.25, -0.2) is 0 Å². The van der Waals surface area contributed by atoms with Crippen molar-refractivity contribution in [2.45, 2.75) is 26.7 Å². The zero-order chi connectivity index (χ0) is 13.0. The van der Waals surface area contributed by atoms with Gasteiger partial charge in [0.2, 0.25) is 0 Å². The summed E-state index contributed by atoms with van der Waals surface area (Å²) >= 11 is 0. The van der Waals surface area contributed by atoms with Crippen molar-refractivity contribution in [3.8, 4) is 0 Å². The van der Waals surface area contributed by atoms with Gasteiger partial charge in [-0.05, 0) is 25.0 Å². The summed E-state index contributed by atoms with van der Waals surface area (Å²) in [6.45, 7) is 4.11. The Hall–Kier alpha value is -1.89. The minimum absolute atomic E-state index is 0.266. The fraction of sp³-hybridized carbons (Fsp3) is 0.235. The number of Topliss-reactive ketones (excluding diaryl/α,β-unsaturated/α-hetero) is 1. The van der Waals surface area contributed by atoms with E-state index in [1.165, 1.54) is 11.1 Å². The molecule has 0 spiro atoms. The van der Waals surface area contributed by atoms with Gasteiger partial charge in [-0.2, -0.15) is 0 Å². The molecule has 0 radical (unpaired) electrons. The van der Waals surface area contributed by atoms with Crippen LogP contribution in [0.1, 0.15) is 22.3 Å². The quantitative estimate of drug-likeness (QED) is 0.794. The van der Waals surface area contributed by atoms with Crippen molar-refractivity contribution < 1.29 is 4.79 Å². The van der Waals surface area contributed by atoms with Gasteiger partial charge in [0.25, 0.3) is 0 Å². The lowest BCUT2D eigenvalue weighted by atomic mass is 10.0. The Morgan fingerprint density at radius 2 is 1.06 bits per heavy atom. The molecule has 0 saturated carbocycles. The largest absolute Gasteiger partial charge is 0.299 e. The van der Waals surface area contributed by atoms with E-state index >= 15 is 0 Å². The molecule has 92 valence electrons. The van der Waals surface area contributed by atoms with Crippen LogP contribution in [0.25, 0.3) is 0 Å². The van der Waals surface area contributed by atoms with Crippen molar-refractivity contribution in [2.24, 2.45) is 0 Å². The molecule has 2 aromatic rings. The second-order valence-corrected chi connectivity index (χ2v) is 4.86. The van der Waals surface area contributed by atoms with Crippen molar-refractivity contribution in [3.63, 3.8) is 0 Å².